The van der Waals surface area contributed by atoms with E-state index in [1.807, 2.05) is 58.0 Å². The van der Waals surface area contributed by atoms with Gasteiger partial charge >= 0.3 is 0 Å². The Hall–Kier alpha value is -2.77. The largest absolute Gasteiger partial charge is 0.612 e. The molecule has 1 aliphatic heterocycles. The molecule has 3 N–H and O–H groups in total. The monoisotopic (exact) mass is 398 g/mol. The first-order valence-electron chi connectivity index (χ1n) is 10.1. The molecule has 1 heterocycles. The molecule has 0 aromatic heterocycles. The number of hydrogen-bond donors (Lipinski definition) is 3. The number of quaternary nitrogens is 1. The predicted octanol–water partition coefficient (Wildman–Crippen LogP) is 3.87. The molecule has 0 unspecified atom stereocenters. The van der Waals surface area contributed by atoms with Crippen molar-refractivity contribution in [3.8, 4) is 11.3 Å². The van der Waals surface area contributed by atoms with E-state index in [4.69, 9.17) is 0 Å². The van der Waals surface area contributed by atoms with Crippen molar-refractivity contribution in [2.24, 2.45) is 0 Å². The third-order valence-electron chi connectivity index (χ3n) is 5.74. The van der Waals surface area contributed by atoms with Crippen molar-refractivity contribution in [2.75, 3.05) is 18.4 Å². The maximum absolute atomic E-state index is 11.6. The van der Waals surface area contributed by atoms with Crippen molar-refractivity contribution in [1.82, 2.24) is 9.89 Å². The Labute approximate surface area is 171 Å². The molecular formula is C22H30N4O3. The summed E-state index contributed by atoms with van der Waals surface area (Å²) in [5.74, 6) is 0. The Kier molecular flexibility index (Phi) is 6.00. The summed E-state index contributed by atoms with van der Waals surface area (Å²) in [6.45, 7) is 9.29. The van der Waals surface area contributed by atoms with Crippen LogP contribution in [0, 0.1) is 10.4 Å². The van der Waals surface area contributed by atoms with Gasteiger partial charge in [-0.2, -0.15) is 9.55 Å². The number of pyridine rings is 1. The van der Waals surface area contributed by atoms with Gasteiger partial charge in [0.25, 0.3) is 0 Å². The number of nitrogens with one attached hydrogen (secondary N) is 2. The summed E-state index contributed by atoms with van der Waals surface area (Å²) in [6.07, 6.45) is 0.738. The van der Waals surface area contributed by atoms with Gasteiger partial charge in [-0.05, 0) is 39.8 Å². The van der Waals surface area contributed by atoms with Crippen LogP contribution in [0.15, 0.2) is 42.5 Å². The van der Waals surface area contributed by atoms with E-state index in [0.29, 0.717) is 18.7 Å². The molecular weight excluding hydrogens is 368 g/mol. The highest BCUT2D eigenvalue weighted by atomic mass is 16.8. The first-order chi connectivity index (χ1) is 13.8. The molecule has 1 aromatic carbocycles. The maximum Gasteiger partial charge on any atom is 0.234 e. The number of fused-ring (bicyclic) bond motifs is 2. The van der Waals surface area contributed by atoms with Crippen LogP contribution in [-0.4, -0.2) is 40.0 Å². The topological polar surface area (TPSA) is 97.2 Å². The van der Waals surface area contributed by atoms with Crippen LogP contribution in [0.25, 0.3) is 22.2 Å². The fourth-order valence-electron chi connectivity index (χ4n) is 3.99. The molecule has 0 atom stereocenters. The molecule has 1 aliphatic carbocycles. The zero-order valence-electron chi connectivity index (χ0n) is 17.5. The van der Waals surface area contributed by atoms with Crippen LogP contribution >= 0.6 is 0 Å². The number of hydroxylamine groups is 3. The van der Waals surface area contributed by atoms with Crippen LogP contribution in [0.3, 0.4) is 0 Å². The average Bonchev–Trinajstić information content (AvgIpc) is 2.69. The van der Waals surface area contributed by atoms with E-state index in [0.717, 1.165) is 28.7 Å². The van der Waals surface area contributed by atoms with Crippen molar-refractivity contribution in [1.29, 1.82) is 0 Å². The molecule has 2 aliphatic rings. The molecule has 0 saturated heterocycles. The van der Waals surface area contributed by atoms with Gasteiger partial charge in [0.15, 0.2) is 0 Å². The van der Waals surface area contributed by atoms with Crippen LogP contribution in [0.5, 0.6) is 0 Å². The minimum Gasteiger partial charge on any atom is -0.612 e. The van der Waals surface area contributed by atoms with Gasteiger partial charge in [-0.25, -0.2) is 5.21 Å². The molecule has 0 saturated carbocycles. The minimum atomic E-state index is -0.344. The van der Waals surface area contributed by atoms with E-state index < -0.39 is 0 Å². The predicted molar refractivity (Wildman–Crippen MR) is 117 cm³/mol. The Bertz CT molecular complexity index is 1010. The average molecular weight is 399 g/mol. The maximum atomic E-state index is 11.6. The van der Waals surface area contributed by atoms with E-state index in [1.165, 1.54) is 6.07 Å². The molecule has 0 bridgehead atoms. The van der Waals surface area contributed by atoms with Crippen molar-refractivity contribution >= 4 is 16.6 Å². The number of aromatic nitrogens is 1. The molecule has 7 heteroatoms. The van der Waals surface area contributed by atoms with Gasteiger partial charge in [0.2, 0.25) is 5.36 Å². The lowest BCUT2D eigenvalue weighted by molar-refractivity contribution is -1.13. The fourth-order valence-corrected chi connectivity index (χ4v) is 3.99. The molecule has 29 heavy (non-hydrogen) atoms. The number of anilines is 1. The summed E-state index contributed by atoms with van der Waals surface area (Å²) in [4.78, 5) is 2.96. The summed E-state index contributed by atoms with van der Waals surface area (Å²) in [6, 6.07) is 13.1. The first-order valence-corrected chi connectivity index (χ1v) is 10.1. The number of nitrogens with zero attached hydrogens (tertiary/aromatic N) is 2. The molecule has 0 fully saturated rings. The van der Waals surface area contributed by atoms with Gasteiger partial charge in [0, 0.05) is 29.9 Å². The van der Waals surface area contributed by atoms with Gasteiger partial charge in [-0.1, -0.05) is 24.3 Å². The molecule has 7 nitrogen and oxygen atoms in total. The number of para-hydroxylation sites is 1. The summed E-state index contributed by atoms with van der Waals surface area (Å²) in [5, 5.41) is 38.6. The standard InChI is InChI=1S/C22H30N4O3/c1-15(2)26(29,16(3)4)14-8-13-23-22-17-9-5-6-10-18(17)24-19-11-7-12-20(21(19)22)25(27)28/h5-7,9-12,15-16,23-24,29H,8,13-14H2,1-4H3. The number of rotatable bonds is 7. The zero-order chi connectivity index (χ0) is 21.2. The van der Waals surface area contributed by atoms with Crippen LogP contribution < -0.4 is 15.6 Å². The Morgan fingerprint density at radius 1 is 1.03 bits per heavy atom. The molecule has 0 spiro atoms. The third kappa shape index (κ3) is 4.02. The quantitative estimate of drug-likeness (QED) is 0.244. The van der Waals surface area contributed by atoms with Crippen LogP contribution in [0.2, 0.25) is 0 Å². The Morgan fingerprint density at radius 3 is 2.38 bits per heavy atom. The van der Waals surface area contributed by atoms with Gasteiger partial charge in [-0.15, -0.1) is 0 Å². The van der Waals surface area contributed by atoms with E-state index in [2.05, 4.69) is 10.3 Å². The Balaban J connectivity index is 1.97. The van der Waals surface area contributed by atoms with E-state index in [9.17, 15) is 15.6 Å². The SMILES string of the molecule is CC(C)[N+](O)(CCCNc1c2c(=[N+]([O-])[O-])cccc-2[nH]c2ccccc12)C(C)C. The highest BCUT2D eigenvalue weighted by Crippen LogP contribution is 2.32. The van der Waals surface area contributed by atoms with Crippen LogP contribution in [0.4, 0.5) is 5.69 Å². The molecule has 0 radical (unpaired) electrons. The second-order valence-electron chi connectivity index (χ2n) is 8.08. The van der Waals surface area contributed by atoms with Crippen molar-refractivity contribution in [2.45, 2.75) is 46.2 Å². The lowest BCUT2D eigenvalue weighted by Crippen LogP contribution is -2.55. The van der Waals surface area contributed by atoms with Crippen LogP contribution in [-0.2, 0) is 0 Å². The summed E-state index contributed by atoms with van der Waals surface area (Å²) in [5.41, 5.74) is 2.97. The molecule has 3 rings (SSSR count). The van der Waals surface area contributed by atoms with E-state index in [-0.39, 0.29) is 27.0 Å². The molecule has 0 amide bonds. The van der Waals surface area contributed by atoms with Gasteiger partial charge < -0.3 is 20.7 Å². The third-order valence-corrected chi connectivity index (χ3v) is 5.74. The van der Waals surface area contributed by atoms with Crippen molar-refractivity contribution < 1.29 is 9.85 Å². The Morgan fingerprint density at radius 2 is 1.72 bits per heavy atom. The van der Waals surface area contributed by atoms with E-state index in [1.54, 1.807) is 6.07 Å². The zero-order valence-corrected chi connectivity index (χ0v) is 17.5. The highest BCUT2D eigenvalue weighted by Gasteiger charge is 2.33. The summed E-state index contributed by atoms with van der Waals surface area (Å²) >= 11 is 0. The van der Waals surface area contributed by atoms with Crippen molar-refractivity contribution in [3.63, 3.8) is 0 Å². The molecule has 156 valence electrons. The smallest absolute Gasteiger partial charge is 0.234 e. The summed E-state index contributed by atoms with van der Waals surface area (Å²) < 4.78 is 0.00584. The van der Waals surface area contributed by atoms with Gasteiger partial charge in [0.1, 0.15) is 18.6 Å². The normalized spacial score (nSPS) is 12.2. The number of benzene rings is 2. The van der Waals surface area contributed by atoms with E-state index >= 15 is 0 Å². The lowest BCUT2D eigenvalue weighted by Gasteiger charge is -2.37. The number of hydrogen-bond acceptors (Lipinski definition) is 4. The lowest BCUT2D eigenvalue weighted by atomic mass is 10.0. The molecule has 1 aromatic rings. The first kappa shape index (κ1) is 21.0. The van der Waals surface area contributed by atoms with Crippen molar-refractivity contribution in [3.05, 3.63) is 58.2 Å². The fraction of sp³-hybridized carbons (Fsp3) is 0.409. The second-order valence-corrected chi connectivity index (χ2v) is 8.08. The summed E-state index contributed by atoms with van der Waals surface area (Å²) in [7, 11) is 0. The van der Waals surface area contributed by atoms with Gasteiger partial charge in [0.05, 0.1) is 16.9 Å². The second kappa shape index (κ2) is 8.31. The number of aromatic amines is 1. The van der Waals surface area contributed by atoms with Crippen LogP contribution in [0.1, 0.15) is 34.1 Å². The highest BCUT2D eigenvalue weighted by molar-refractivity contribution is 6.00. The van der Waals surface area contributed by atoms with Gasteiger partial charge in [-0.3, -0.25) is 0 Å². The minimum absolute atomic E-state index is 0.00584. The number of H-pyrrole nitrogens is 1.